The summed E-state index contributed by atoms with van der Waals surface area (Å²) in [6.07, 6.45) is 4.92. The molecule has 1 N–H and O–H groups in total. The molecule has 3 heterocycles. The second-order valence-electron chi connectivity index (χ2n) is 7.98. The van der Waals surface area contributed by atoms with Crippen LogP contribution in [0.25, 0.3) is 0 Å². The van der Waals surface area contributed by atoms with Gasteiger partial charge in [-0.3, -0.25) is 9.36 Å². The Morgan fingerprint density at radius 2 is 2.13 bits per heavy atom. The number of hydrogen-bond donors (Lipinski definition) is 1. The molecule has 1 unspecified atom stereocenters. The summed E-state index contributed by atoms with van der Waals surface area (Å²) >= 11 is 1.34. The fraction of sp³-hybridized carbons (Fsp3) is 0.500. The number of amides is 1. The van der Waals surface area contributed by atoms with E-state index in [1.165, 1.54) is 11.8 Å². The Labute approximate surface area is 184 Å². The molecular weight excluding hydrogens is 418 g/mol. The standard InChI is InChI=1S/C22H25N3O5S/c26-20(23-10-14-6-7-18-19(9-14)30-13-29-18)12-31-21-16-4-1-5-17(16)25(22(27)24-21)11-15-3-2-8-28-15/h6-7,9,15H,1-5,8,10-13H2,(H,23,26). The molecule has 0 radical (unpaired) electrons. The zero-order valence-electron chi connectivity index (χ0n) is 17.2. The van der Waals surface area contributed by atoms with Crippen molar-refractivity contribution in [2.24, 2.45) is 0 Å². The first-order valence-electron chi connectivity index (χ1n) is 10.7. The Bertz CT molecular complexity index is 1050. The van der Waals surface area contributed by atoms with Gasteiger partial charge >= 0.3 is 5.69 Å². The van der Waals surface area contributed by atoms with Crippen LogP contribution < -0.4 is 20.5 Å². The lowest BCUT2D eigenvalue weighted by molar-refractivity contribution is -0.118. The number of carbonyl (C=O) groups is 1. The topological polar surface area (TPSA) is 91.7 Å². The Morgan fingerprint density at radius 3 is 3.00 bits per heavy atom. The van der Waals surface area contributed by atoms with Gasteiger partial charge in [0.15, 0.2) is 11.5 Å². The van der Waals surface area contributed by atoms with Gasteiger partial charge in [0, 0.05) is 24.4 Å². The second-order valence-corrected chi connectivity index (χ2v) is 8.94. The van der Waals surface area contributed by atoms with Gasteiger partial charge < -0.3 is 19.5 Å². The molecule has 0 bridgehead atoms. The Kier molecular flexibility index (Phi) is 5.87. The summed E-state index contributed by atoms with van der Waals surface area (Å²) in [4.78, 5) is 29.4. The zero-order chi connectivity index (χ0) is 21.2. The Balaban J connectivity index is 1.21. The van der Waals surface area contributed by atoms with Crippen molar-refractivity contribution < 1.29 is 19.0 Å². The van der Waals surface area contributed by atoms with Crippen LogP contribution in [-0.4, -0.2) is 40.7 Å². The van der Waals surface area contributed by atoms with Gasteiger partial charge in [-0.2, -0.15) is 4.98 Å². The number of aromatic nitrogens is 2. The van der Waals surface area contributed by atoms with Gasteiger partial charge in [0.05, 0.1) is 18.4 Å². The predicted molar refractivity (Wildman–Crippen MR) is 115 cm³/mol. The van der Waals surface area contributed by atoms with Crippen LogP contribution in [0, 0.1) is 0 Å². The van der Waals surface area contributed by atoms with E-state index in [4.69, 9.17) is 14.2 Å². The van der Waals surface area contributed by atoms with Crippen LogP contribution in [0.1, 0.15) is 36.1 Å². The lowest BCUT2D eigenvalue weighted by Gasteiger charge is -2.17. The summed E-state index contributed by atoms with van der Waals surface area (Å²) in [6.45, 7) is 1.98. The molecule has 1 saturated heterocycles. The first-order valence-corrected chi connectivity index (χ1v) is 11.7. The zero-order valence-corrected chi connectivity index (χ0v) is 18.0. The minimum Gasteiger partial charge on any atom is -0.454 e. The molecule has 164 valence electrons. The number of nitrogens with zero attached hydrogens (tertiary/aromatic N) is 2. The molecule has 1 aromatic heterocycles. The summed E-state index contributed by atoms with van der Waals surface area (Å²) in [7, 11) is 0. The molecule has 0 spiro atoms. The maximum atomic E-state index is 12.7. The maximum Gasteiger partial charge on any atom is 0.348 e. The highest BCUT2D eigenvalue weighted by molar-refractivity contribution is 7.99. The first kappa shape index (κ1) is 20.4. The highest BCUT2D eigenvalue weighted by Crippen LogP contribution is 2.32. The van der Waals surface area contributed by atoms with Gasteiger partial charge in [0.25, 0.3) is 0 Å². The Morgan fingerprint density at radius 1 is 1.23 bits per heavy atom. The summed E-state index contributed by atoms with van der Waals surface area (Å²) in [5.41, 5.74) is 2.89. The van der Waals surface area contributed by atoms with E-state index in [2.05, 4.69) is 10.3 Å². The van der Waals surface area contributed by atoms with Gasteiger partial charge in [-0.1, -0.05) is 17.8 Å². The second kappa shape index (κ2) is 8.92. The van der Waals surface area contributed by atoms with Crippen molar-refractivity contribution in [3.05, 3.63) is 45.5 Å². The van der Waals surface area contributed by atoms with Crippen LogP contribution in [-0.2, 0) is 35.5 Å². The highest BCUT2D eigenvalue weighted by Gasteiger charge is 2.25. The molecule has 8 nitrogen and oxygen atoms in total. The van der Waals surface area contributed by atoms with E-state index in [-0.39, 0.29) is 30.2 Å². The molecule has 1 amide bonds. The van der Waals surface area contributed by atoms with Crippen molar-refractivity contribution in [1.82, 2.24) is 14.9 Å². The SMILES string of the molecule is O=C(CSc1nc(=O)n(CC2CCCO2)c2c1CCC2)NCc1ccc2c(c1)OCO2. The van der Waals surface area contributed by atoms with Crippen LogP contribution in [0.2, 0.25) is 0 Å². The highest BCUT2D eigenvalue weighted by atomic mass is 32.2. The molecule has 2 aromatic rings. The summed E-state index contributed by atoms with van der Waals surface area (Å²) in [5.74, 6) is 1.54. The quantitative estimate of drug-likeness (QED) is 0.517. The van der Waals surface area contributed by atoms with E-state index in [9.17, 15) is 9.59 Å². The summed E-state index contributed by atoms with van der Waals surface area (Å²) in [6, 6.07) is 5.62. The van der Waals surface area contributed by atoms with Crippen molar-refractivity contribution in [3.63, 3.8) is 0 Å². The molecule has 1 fully saturated rings. The van der Waals surface area contributed by atoms with Gasteiger partial charge in [0.1, 0.15) is 5.03 Å². The number of hydrogen-bond acceptors (Lipinski definition) is 7. The third-order valence-corrected chi connectivity index (χ3v) is 6.90. The summed E-state index contributed by atoms with van der Waals surface area (Å²) in [5, 5.41) is 3.61. The maximum absolute atomic E-state index is 12.7. The minimum atomic E-state index is -0.237. The average molecular weight is 444 g/mol. The van der Waals surface area contributed by atoms with E-state index in [0.717, 1.165) is 61.3 Å². The molecule has 5 rings (SSSR count). The van der Waals surface area contributed by atoms with E-state index in [1.807, 2.05) is 18.2 Å². The monoisotopic (exact) mass is 443 g/mol. The minimum absolute atomic E-state index is 0.0975. The van der Waals surface area contributed by atoms with E-state index in [0.29, 0.717) is 23.9 Å². The number of rotatable bonds is 7. The molecule has 31 heavy (non-hydrogen) atoms. The van der Waals surface area contributed by atoms with Crippen molar-refractivity contribution in [2.45, 2.75) is 56.3 Å². The predicted octanol–water partition coefficient (Wildman–Crippen LogP) is 2.05. The van der Waals surface area contributed by atoms with Gasteiger partial charge in [-0.15, -0.1) is 0 Å². The molecule has 0 saturated carbocycles. The number of carbonyl (C=O) groups excluding carboxylic acids is 1. The van der Waals surface area contributed by atoms with Crippen molar-refractivity contribution >= 4 is 17.7 Å². The van der Waals surface area contributed by atoms with Gasteiger partial charge in [0.2, 0.25) is 12.7 Å². The fourth-order valence-corrected chi connectivity index (χ4v) is 5.23. The first-order chi connectivity index (χ1) is 15.2. The largest absolute Gasteiger partial charge is 0.454 e. The smallest absolute Gasteiger partial charge is 0.348 e. The number of fused-ring (bicyclic) bond motifs is 2. The van der Waals surface area contributed by atoms with Crippen molar-refractivity contribution in [2.75, 3.05) is 19.2 Å². The molecule has 1 aromatic carbocycles. The van der Waals surface area contributed by atoms with Crippen LogP contribution in [0.4, 0.5) is 0 Å². The molecule has 2 aliphatic heterocycles. The average Bonchev–Trinajstić information content (AvgIpc) is 3.53. The van der Waals surface area contributed by atoms with Crippen LogP contribution in [0.3, 0.4) is 0 Å². The van der Waals surface area contributed by atoms with Crippen molar-refractivity contribution in [3.8, 4) is 11.5 Å². The molecule has 1 aliphatic carbocycles. The normalized spacial score (nSPS) is 18.9. The number of thioether (sulfide) groups is 1. The third kappa shape index (κ3) is 4.43. The molecule has 3 aliphatic rings. The van der Waals surface area contributed by atoms with Crippen LogP contribution in [0.5, 0.6) is 11.5 Å². The fourth-order valence-electron chi connectivity index (χ4n) is 4.32. The number of benzene rings is 1. The van der Waals surface area contributed by atoms with Gasteiger partial charge in [-0.25, -0.2) is 4.79 Å². The Hall–Kier alpha value is -2.52. The third-order valence-electron chi connectivity index (χ3n) is 5.88. The molecule has 1 atom stereocenters. The lowest BCUT2D eigenvalue weighted by atomic mass is 10.2. The van der Waals surface area contributed by atoms with Gasteiger partial charge in [-0.05, 0) is 49.8 Å². The molecule has 9 heteroatoms. The van der Waals surface area contributed by atoms with Crippen molar-refractivity contribution in [1.29, 1.82) is 0 Å². The lowest BCUT2D eigenvalue weighted by Crippen LogP contribution is -2.32. The van der Waals surface area contributed by atoms with Crippen LogP contribution in [0.15, 0.2) is 28.0 Å². The number of ether oxygens (including phenoxy) is 3. The number of nitrogens with one attached hydrogen (secondary N) is 1. The molecular formula is C22H25N3O5S. The summed E-state index contributed by atoms with van der Waals surface area (Å²) < 4.78 is 18.2. The van der Waals surface area contributed by atoms with E-state index in [1.54, 1.807) is 4.57 Å². The van der Waals surface area contributed by atoms with Crippen LogP contribution >= 0.6 is 11.8 Å². The van der Waals surface area contributed by atoms with E-state index >= 15 is 0 Å². The van der Waals surface area contributed by atoms with E-state index < -0.39 is 0 Å².